The van der Waals surface area contributed by atoms with Gasteiger partial charge in [-0.1, -0.05) is 0 Å². The van der Waals surface area contributed by atoms with Crippen LogP contribution in [0.3, 0.4) is 0 Å². The first-order valence-electron chi connectivity index (χ1n) is 8.52. The van der Waals surface area contributed by atoms with E-state index in [4.69, 9.17) is 4.98 Å². The van der Waals surface area contributed by atoms with Gasteiger partial charge < -0.3 is 4.90 Å². The Bertz CT molecular complexity index is 752. The summed E-state index contributed by atoms with van der Waals surface area (Å²) in [5.74, 6) is 0.629. The first-order chi connectivity index (χ1) is 11.5. The molecule has 6 nitrogen and oxygen atoms in total. The number of carbonyl (C=O) groups is 1. The lowest BCUT2D eigenvalue weighted by molar-refractivity contribution is -0.130. The number of aromatic nitrogens is 4. The first-order valence-corrected chi connectivity index (χ1v) is 8.52. The lowest BCUT2D eigenvalue weighted by Gasteiger charge is -2.31. The van der Waals surface area contributed by atoms with E-state index in [1.165, 1.54) is 0 Å². The van der Waals surface area contributed by atoms with Crippen molar-refractivity contribution in [3.8, 4) is 11.3 Å². The number of aryl methyl sites for hydroxylation is 2. The van der Waals surface area contributed by atoms with Crippen LogP contribution in [0.2, 0.25) is 0 Å². The zero-order valence-electron chi connectivity index (χ0n) is 14.9. The minimum atomic E-state index is 0.168. The van der Waals surface area contributed by atoms with Gasteiger partial charge in [-0.3, -0.25) is 14.5 Å². The highest BCUT2D eigenvalue weighted by Gasteiger charge is 2.22. The fourth-order valence-electron chi connectivity index (χ4n) is 3.58. The summed E-state index contributed by atoms with van der Waals surface area (Å²) in [7, 11) is 1.95. The number of hydrogen-bond acceptors (Lipinski definition) is 4. The van der Waals surface area contributed by atoms with Crippen LogP contribution < -0.4 is 0 Å². The molecule has 24 heavy (non-hydrogen) atoms. The third kappa shape index (κ3) is 3.32. The molecule has 1 aliphatic rings. The fourth-order valence-corrected chi connectivity index (χ4v) is 3.58. The van der Waals surface area contributed by atoms with E-state index in [1.807, 2.05) is 35.9 Å². The lowest BCUT2D eigenvalue weighted by atomic mass is 9.93. The molecule has 1 atom stereocenters. The molecule has 0 aliphatic carbocycles. The van der Waals surface area contributed by atoms with Crippen molar-refractivity contribution in [1.29, 1.82) is 0 Å². The van der Waals surface area contributed by atoms with Crippen molar-refractivity contribution in [3.63, 3.8) is 0 Å². The van der Waals surface area contributed by atoms with Crippen LogP contribution >= 0.6 is 0 Å². The highest BCUT2D eigenvalue weighted by atomic mass is 16.2. The van der Waals surface area contributed by atoms with Gasteiger partial charge in [0.1, 0.15) is 0 Å². The Balaban J connectivity index is 1.80. The summed E-state index contributed by atoms with van der Waals surface area (Å²) >= 11 is 0. The quantitative estimate of drug-likeness (QED) is 0.868. The van der Waals surface area contributed by atoms with Gasteiger partial charge in [-0.25, -0.2) is 4.98 Å². The Morgan fingerprint density at radius 1 is 1.33 bits per heavy atom. The van der Waals surface area contributed by atoms with Gasteiger partial charge in [-0.05, 0) is 39.0 Å². The number of carbonyl (C=O) groups excluding carboxylic acids is 1. The third-order valence-corrected chi connectivity index (χ3v) is 4.91. The predicted molar refractivity (Wildman–Crippen MR) is 92.4 cm³/mol. The molecule has 0 bridgehead atoms. The maximum Gasteiger partial charge on any atom is 0.219 e. The summed E-state index contributed by atoms with van der Waals surface area (Å²) in [6.45, 7) is 7.41. The Morgan fingerprint density at radius 3 is 2.79 bits per heavy atom. The Kier molecular flexibility index (Phi) is 4.64. The molecular weight excluding hydrogens is 302 g/mol. The Morgan fingerprint density at radius 2 is 2.12 bits per heavy atom. The summed E-state index contributed by atoms with van der Waals surface area (Å²) in [5, 5.41) is 4.47. The van der Waals surface area contributed by atoms with Gasteiger partial charge in [-0.2, -0.15) is 5.10 Å². The van der Waals surface area contributed by atoms with E-state index >= 15 is 0 Å². The van der Waals surface area contributed by atoms with Crippen LogP contribution in [-0.2, 0) is 18.3 Å². The molecule has 0 aromatic carbocycles. The van der Waals surface area contributed by atoms with Crippen LogP contribution in [0.15, 0.2) is 12.4 Å². The van der Waals surface area contributed by atoms with Crippen molar-refractivity contribution < 1.29 is 4.79 Å². The molecule has 3 heterocycles. The van der Waals surface area contributed by atoms with Crippen molar-refractivity contribution >= 4 is 5.91 Å². The number of amides is 1. The van der Waals surface area contributed by atoms with Crippen LogP contribution in [0.4, 0.5) is 0 Å². The molecule has 3 rings (SSSR count). The molecule has 0 N–H and O–H groups in total. The number of hydrogen-bond donors (Lipinski definition) is 0. The Labute approximate surface area is 142 Å². The minimum Gasteiger partial charge on any atom is -0.343 e. The van der Waals surface area contributed by atoms with Crippen LogP contribution in [-0.4, -0.2) is 43.6 Å². The second kappa shape index (κ2) is 6.71. The summed E-state index contributed by atoms with van der Waals surface area (Å²) < 4.78 is 1.88. The maximum absolute atomic E-state index is 11.6. The highest BCUT2D eigenvalue weighted by Crippen LogP contribution is 2.25. The molecule has 0 radical (unpaired) electrons. The lowest BCUT2D eigenvalue weighted by Crippen LogP contribution is -2.39. The van der Waals surface area contributed by atoms with Crippen molar-refractivity contribution in [2.24, 2.45) is 13.0 Å². The summed E-state index contributed by atoms with van der Waals surface area (Å²) in [6.07, 6.45) is 6.72. The zero-order chi connectivity index (χ0) is 17.3. The molecule has 6 heteroatoms. The predicted octanol–water partition coefficient (Wildman–Crippen LogP) is 2.29. The van der Waals surface area contributed by atoms with Gasteiger partial charge in [0.25, 0.3) is 0 Å². The number of likely N-dealkylation sites (tertiary alicyclic amines) is 1. The maximum atomic E-state index is 11.6. The van der Waals surface area contributed by atoms with Crippen molar-refractivity contribution in [2.45, 2.75) is 40.0 Å². The van der Waals surface area contributed by atoms with E-state index in [1.54, 1.807) is 6.92 Å². The summed E-state index contributed by atoms with van der Waals surface area (Å²) in [5.41, 5.74) is 5.02. The van der Waals surface area contributed by atoms with E-state index in [-0.39, 0.29) is 5.91 Å². The molecule has 1 fully saturated rings. The highest BCUT2D eigenvalue weighted by molar-refractivity contribution is 5.73. The second-order valence-electron chi connectivity index (χ2n) is 6.74. The molecule has 1 amide bonds. The van der Waals surface area contributed by atoms with E-state index in [0.29, 0.717) is 5.92 Å². The average molecular weight is 327 g/mol. The molecule has 2 aromatic rings. The molecular formula is C18H25N5O. The normalized spacial score (nSPS) is 18.0. The topological polar surface area (TPSA) is 63.9 Å². The number of nitrogens with zero attached hydrogens (tertiary/aromatic N) is 5. The smallest absolute Gasteiger partial charge is 0.219 e. The van der Waals surface area contributed by atoms with Crippen LogP contribution in [0, 0.1) is 19.8 Å². The van der Waals surface area contributed by atoms with Crippen molar-refractivity contribution in [1.82, 2.24) is 24.6 Å². The first kappa shape index (κ1) is 16.6. The molecule has 2 aromatic heterocycles. The van der Waals surface area contributed by atoms with Gasteiger partial charge in [0, 0.05) is 44.5 Å². The third-order valence-electron chi connectivity index (χ3n) is 4.91. The molecule has 0 saturated carbocycles. The van der Waals surface area contributed by atoms with Crippen LogP contribution in [0.25, 0.3) is 11.3 Å². The van der Waals surface area contributed by atoms with E-state index in [0.717, 1.165) is 60.7 Å². The van der Waals surface area contributed by atoms with Crippen molar-refractivity contribution in [2.75, 3.05) is 13.1 Å². The average Bonchev–Trinajstić information content (AvgIpc) is 2.80. The van der Waals surface area contributed by atoms with Crippen molar-refractivity contribution in [3.05, 3.63) is 29.5 Å². The summed E-state index contributed by atoms with van der Waals surface area (Å²) in [6, 6.07) is 0. The minimum absolute atomic E-state index is 0.168. The van der Waals surface area contributed by atoms with Gasteiger partial charge in [0.05, 0.1) is 23.3 Å². The molecule has 1 unspecified atom stereocenters. The fraction of sp³-hybridized carbons (Fsp3) is 0.556. The van der Waals surface area contributed by atoms with E-state index in [2.05, 4.69) is 17.0 Å². The van der Waals surface area contributed by atoms with E-state index in [9.17, 15) is 4.79 Å². The summed E-state index contributed by atoms with van der Waals surface area (Å²) in [4.78, 5) is 22.8. The molecule has 1 saturated heterocycles. The van der Waals surface area contributed by atoms with Gasteiger partial charge in [-0.15, -0.1) is 0 Å². The number of piperidine rings is 1. The molecule has 128 valence electrons. The van der Waals surface area contributed by atoms with Gasteiger partial charge >= 0.3 is 0 Å². The largest absolute Gasteiger partial charge is 0.343 e. The zero-order valence-corrected chi connectivity index (χ0v) is 14.9. The van der Waals surface area contributed by atoms with Gasteiger partial charge in [0.2, 0.25) is 5.91 Å². The standard InChI is InChI=1S/C18H25N5O/c1-12-18(13(2)22(4)21-12)17-10-19-9-16(20-17)8-15-6-5-7-23(11-15)14(3)24/h9-10,15H,5-8,11H2,1-4H3. The monoisotopic (exact) mass is 327 g/mol. The van der Waals surface area contributed by atoms with Gasteiger partial charge in [0.15, 0.2) is 0 Å². The molecule has 0 spiro atoms. The number of rotatable bonds is 3. The van der Waals surface area contributed by atoms with E-state index < -0.39 is 0 Å². The van der Waals surface area contributed by atoms with Crippen LogP contribution in [0.1, 0.15) is 36.8 Å². The van der Waals surface area contributed by atoms with Crippen LogP contribution in [0.5, 0.6) is 0 Å². The second-order valence-corrected chi connectivity index (χ2v) is 6.74. The molecule has 1 aliphatic heterocycles. The Hall–Kier alpha value is -2.24. The SMILES string of the molecule is CC(=O)N1CCCC(Cc2cncc(-c3c(C)nn(C)c3C)n2)C1.